The summed E-state index contributed by atoms with van der Waals surface area (Å²) in [7, 11) is 0. The minimum Gasteiger partial charge on any atom is -0.469 e. The summed E-state index contributed by atoms with van der Waals surface area (Å²) in [5, 5.41) is 0. The Morgan fingerprint density at radius 2 is 2.13 bits per heavy atom. The van der Waals surface area contributed by atoms with Gasteiger partial charge < -0.3 is 9.30 Å². The number of allylic oxidation sites excluding steroid dienone is 2. The molecule has 30 heavy (non-hydrogen) atoms. The molecule has 4 rings (SSSR count). The van der Waals surface area contributed by atoms with E-state index < -0.39 is 0 Å². The topological polar surface area (TPSA) is 56.5 Å². The SMILES string of the molecule is Cc1c(C(C)(C)C)sc(=NC(=O)c2cccnc2OC2C=CC=CC2)n1CC1CC1. The zero-order valence-corrected chi connectivity index (χ0v) is 18.9. The van der Waals surface area contributed by atoms with Crippen LogP contribution in [0.2, 0.25) is 0 Å². The Labute approximate surface area is 181 Å². The van der Waals surface area contributed by atoms with Gasteiger partial charge in [-0.05, 0) is 49.3 Å². The highest BCUT2D eigenvalue weighted by Gasteiger charge is 2.27. The molecule has 0 saturated heterocycles. The van der Waals surface area contributed by atoms with E-state index >= 15 is 0 Å². The lowest BCUT2D eigenvalue weighted by molar-refractivity contribution is 0.0991. The van der Waals surface area contributed by atoms with E-state index in [4.69, 9.17) is 4.74 Å². The summed E-state index contributed by atoms with van der Waals surface area (Å²) in [4.78, 5) is 24.1. The van der Waals surface area contributed by atoms with Gasteiger partial charge in [-0.3, -0.25) is 4.79 Å². The first-order chi connectivity index (χ1) is 14.3. The zero-order valence-electron chi connectivity index (χ0n) is 18.1. The van der Waals surface area contributed by atoms with Crippen LogP contribution in [-0.2, 0) is 12.0 Å². The predicted octanol–water partition coefficient (Wildman–Crippen LogP) is 4.97. The Morgan fingerprint density at radius 1 is 1.33 bits per heavy atom. The third-order valence-electron chi connectivity index (χ3n) is 5.38. The van der Waals surface area contributed by atoms with Crippen molar-refractivity contribution in [2.75, 3.05) is 0 Å². The second-order valence-electron chi connectivity index (χ2n) is 9.08. The summed E-state index contributed by atoms with van der Waals surface area (Å²) in [6.07, 6.45) is 12.8. The van der Waals surface area contributed by atoms with Gasteiger partial charge in [0.05, 0.1) is 0 Å². The molecule has 2 aliphatic carbocycles. The molecule has 0 bridgehead atoms. The minimum atomic E-state index is -0.306. The summed E-state index contributed by atoms with van der Waals surface area (Å²) >= 11 is 1.62. The normalized spacial score (nSPS) is 19.3. The number of amides is 1. The molecule has 0 N–H and O–H groups in total. The van der Waals surface area contributed by atoms with E-state index in [2.05, 4.69) is 42.2 Å². The number of hydrogen-bond donors (Lipinski definition) is 0. The summed E-state index contributed by atoms with van der Waals surface area (Å²) in [5.41, 5.74) is 1.63. The number of nitrogens with zero attached hydrogens (tertiary/aromatic N) is 3. The van der Waals surface area contributed by atoms with Crippen molar-refractivity contribution in [1.29, 1.82) is 0 Å². The smallest absolute Gasteiger partial charge is 0.285 e. The van der Waals surface area contributed by atoms with Gasteiger partial charge in [0.25, 0.3) is 5.91 Å². The number of carbonyl (C=O) groups is 1. The van der Waals surface area contributed by atoms with Crippen LogP contribution in [0.4, 0.5) is 0 Å². The summed E-state index contributed by atoms with van der Waals surface area (Å²) in [5.74, 6) is 0.734. The fourth-order valence-corrected chi connectivity index (χ4v) is 4.82. The highest BCUT2D eigenvalue weighted by atomic mass is 32.1. The number of hydrogen-bond acceptors (Lipinski definition) is 4. The monoisotopic (exact) mass is 423 g/mol. The first-order valence-corrected chi connectivity index (χ1v) is 11.4. The first-order valence-electron chi connectivity index (χ1n) is 10.6. The van der Waals surface area contributed by atoms with Crippen molar-refractivity contribution < 1.29 is 9.53 Å². The molecule has 2 aromatic rings. The molecular weight excluding hydrogens is 394 g/mol. The second kappa shape index (κ2) is 8.34. The maximum Gasteiger partial charge on any atom is 0.285 e. The van der Waals surface area contributed by atoms with Crippen LogP contribution in [0.3, 0.4) is 0 Å². The van der Waals surface area contributed by atoms with Gasteiger partial charge in [0.2, 0.25) is 5.88 Å². The maximum absolute atomic E-state index is 13.2. The zero-order chi connectivity index (χ0) is 21.3. The Morgan fingerprint density at radius 3 is 2.80 bits per heavy atom. The van der Waals surface area contributed by atoms with Gasteiger partial charge in [0.1, 0.15) is 11.7 Å². The number of ether oxygens (including phenoxy) is 1. The molecule has 0 aliphatic heterocycles. The van der Waals surface area contributed by atoms with Gasteiger partial charge in [-0.1, -0.05) is 39.0 Å². The number of aromatic nitrogens is 2. The van der Waals surface area contributed by atoms with Crippen LogP contribution < -0.4 is 9.54 Å². The van der Waals surface area contributed by atoms with Crippen molar-refractivity contribution in [2.45, 2.75) is 65.0 Å². The van der Waals surface area contributed by atoms with Crippen molar-refractivity contribution in [3.8, 4) is 5.88 Å². The minimum absolute atomic E-state index is 0.0142. The van der Waals surface area contributed by atoms with Crippen LogP contribution in [0.5, 0.6) is 5.88 Å². The third-order valence-corrected chi connectivity index (χ3v) is 6.99. The Kier molecular flexibility index (Phi) is 5.78. The molecule has 2 aliphatic rings. The van der Waals surface area contributed by atoms with Gasteiger partial charge in [-0.15, -0.1) is 11.3 Å². The lowest BCUT2D eigenvalue weighted by atomic mass is 9.93. The molecule has 1 amide bonds. The molecule has 1 unspecified atom stereocenters. The van der Waals surface area contributed by atoms with E-state index in [9.17, 15) is 4.79 Å². The van der Waals surface area contributed by atoms with E-state index in [1.165, 1.54) is 23.4 Å². The number of thiazole rings is 1. The highest BCUT2D eigenvalue weighted by Crippen LogP contribution is 2.33. The molecular formula is C24H29N3O2S. The summed E-state index contributed by atoms with van der Waals surface area (Å²) in [6.45, 7) is 9.69. The number of rotatable bonds is 5. The first kappa shape index (κ1) is 20.8. The van der Waals surface area contributed by atoms with Crippen LogP contribution in [0.1, 0.15) is 61.0 Å². The highest BCUT2D eigenvalue weighted by molar-refractivity contribution is 7.09. The van der Waals surface area contributed by atoms with Gasteiger partial charge in [-0.25, -0.2) is 4.98 Å². The van der Waals surface area contributed by atoms with E-state index in [1.807, 2.05) is 24.3 Å². The van der Waals surface area contributed by atoms with E-state index in [0.29, 0.717) is 17.4 Å². The van der Waals surface area contributed by atoms with Crippen molar-refractivity contribution in [3.05, 3.63) is 63.6 Å². The molecule has 5 nitrogen and oxygen atoms in total. The summed E-state index contributed by atoms with van der Waals surface area (Å²) in [6, 6.07) is 3.50. The standard InChI is InChI=1S/C24H29N3O2S/c1-16-20(24(2,3)4)30-23(27(16)15-17-12-13-17)26-21(28)19-11-8-14-25-22(19)29-18-9-6-5-7-10-18/h5-9,11,14,17-18H,10,12-13,15H2,1-4H3. The molecule has 6 heteroatoms. The number of pyridine rings is 1. The van der Waals surface area contributed by atoms with Gasteiger partial charge >= 0.3 is 0 Å². The van der Waals surface area contributed by atoms with Crippen molar-refractivity contribution in [3.63, 3.8) is 0 Å². The number of carbonyl (C=O) groups excluding carboxylic acids is 1. The predicted molar refractivity (Wildman–Crippen MR) is 120 cm³/mol. The van der Waals surface area contributed by atoms with Gasteiger partial charge in [0, 0.05) is 29.7 Å². The summed E-state index contributed by atoms with van der Waals surface area (Å²) < 4.78 is 8.23. The second-order valence-corrected chi connectivity index (χ2v) is 10.1. The Bertz CT molecular complexity index is 1060. The molecule has 158 valence electrons. The lowest BCUT2D eigenvalue weighted by Crippen LogP contribution is -2.21. The molecule has 0 spiro atoms. The van der Waals surface area contributed by atoms with E-state index in [0.717, 1.165) is 17.8 Å². The van der Waals surface area contributed by atoms with Crippen LogP contribution in [-0.4, -0.2) is 21.6 Å². The maximum atomic E-state index is 13.2. The van der Waals surface area contributed by atoms with E-state index in [1.54, 1.807) is 29.7 Å². The molecule has 2 heterocycles. The molecule has 0 aromatic carbocycles. The largest absolute Gasteiger partial charge is 0.469 e. The Hall–Kier alpha value is -2.47. The molecule has 1 atom stereocenters. The molecule has 0 radical (unpaired) electrons. The van der Waals surface area contributed by atoms with Crippen LogP contribution >= 0.6 is 11.3 Å². The average molecular weight is 424 g/mol. The quantitative estimate of drug-likeness (QED) is 0.683. The molecule has 2 aromatic heterocycles. The van der Waals surface area contributed by atoms with Crippen molar-refractivity contribution in [2.24, 2.45) is 10.9 Å². The van der Waals surface area contributed by atoms with Gasteiger partial charge in [0.15, 0.2) is 4.80 Å². The fourth-order valence-electron chi connectivity index (χ4n) is 3.62. The van der Waals surface area contributed by atoms with Gasteiger partial charge in [-0.2, -0.15) is 4.99 Å². The lowest BCUT2D eigenvalue weighted by Gasteiger charge is -2.17. The van der Waals surface area contributed by atoms with Crippen LogP contribution in [0, 0.1) is 12.8 Å². The van der Waals surface area contributed by atoms with Crippen molar-refractivity contribution >= 4 is 17.2 Å². The third kappa shape index (κ3) is 4.64. The molecule has 1 saturated carbocycles. The molecule has 1 fully saturated rings. The van der Waals surface area contributed by atoms with Crippen LogP contribution in [0.25, 0.3) is 0 Å². The van der Waals surface area contributed by atoms with Crippen LogP contribution in [0.15, 0.2) is 47.6 Å². The fraction of sp³-hybridized carbons (Fsp3) is 0.458. The van der Waals surface area contributed by atoms with E-state index in [-0.39, 0.29) is 17.4 Å². The average Bonchev–Trinajstić information content (AvgIpc) is 3.48. The Balaban J connectivity index is 1.69. The van der Waals surface area contributed by atoms with Crippen molar-refractivity contribution in [1.82, 2.24) is 9.55 Å².